The van der Waals surface area contributed by atoms with E-state index < -0.39 is 24.1 Å². The molecule has 7 heteroatoms. The van der Waals surface area contributed by atoms with Gasteiger partial charge in [-0.2, -0.15) is 0 Å². The summed E-state index contributed by atoms with van der Waals surface area (Å²) < 4.78 is 1.32. The lowest BCUT2D eigenvalue weighted by Gasteiger charge is -2.22. The van der Waals surface area contributed by atoms with Crippen LogP contribution in [0.1, 0.15) is 16.5 Å². The van der Waals surface area contributed by atoms with E-state index in [0.717, 1.165) is 0 Å². The Hall–Kier alpha value is -2.67. The Balaban J connectivity index is 2.21. The van der Waals surface area contributed by atoms with Crippen molar-refractivity contribution in [3.63, 3.8) is 0 Å². The molecule has 2 aromatic rings. The van der Waals surface area contributed by atoms with Crippen LogP contribution in [0.15, 0.2) is 49.1 Å². The van der Waals surface area contributed by atoms with Gasteiger partial charge in [-0.3, -0.25) is 4.79 Å². The molecule has 20 heavy (non-hydrogen) atoms. The molecule has 2 atom stereocenters. The highest BCUT2D eigenvalue weighted by Crippen LogP contribution is 2.10. The molecule has 3 N–H and O–H groups in total. The van der Waals surface area contributed by atoms with Gasteiger partial charge >= 0.3 is 5.97 Å². The molecule has 7 nitrogen and oxygen atoms in total. The Morgan fingerprint density at radius 3 is 2.50 bits per heavy atom. The molecule has 2 unspecified atom stereocenters. The second kappa shape index (κ2) is 5.98. The highest BCUT2D eigenvalue weighted by Gasteiger charge is 2.28. The van der Waals surface area contributed by atoms with Crippen molar-refractivity contribution in [2.75, 3.05) is 0 Å². The minimum atomic E-state index is -1.78. The number of aliphatic carboxylic acids is 1. The summed E-state index contributed by atoms with van der Waals surface area (Å²) in [6.45, 7) is 0. The van der Waals surface area contributed by atoms with E-state index in [0.29, 0.717) is 5.56 Å². The first-order valence-corrected chi connectivity index (χ1v) is 5.84. The van der Waals surface area contributed by atoms with Crippen LogP contribution in [0.4, 0.5) is 0 Å². The molecule has 0 radical (unpaired) electrons. The lowest BCUT2D eigenvalue weighted by molar-refractivity contribution is -0.149. The highest BCUT2D eigenvalue weighted by atomic mass is 16.4. The number of hydrogen-bond acceptors (Lipinski definition) is 4. The summed E-state index contributed by atoms with van der Waals surface area (Å²) in [7, 11) is 0. The Kier molecular flexibility index (Phi) is 4.11. The van der Waals surface area contributed by atoms with Crippen molar-refractivity contribution in [1.82, 2.24) is 14.9 Å². The summed E-state index contributed by atoms with van der Waals surface area (Å²) in [6.07, 6.45) is 1.29. The number of aromatic nitrogens is 2. The van der Waals surface area contributed by atoms with Gasteiger partial charge in [-0.1, -0.05) is 18.2 Å². The van der Waals surface area contributed by atoms with E-state index in [1.54, 1.807) is 30.3 Å². The van der Waals surface area contributed by atoms with Crippen LogP contribution in [0.2, 0.25) is 0 Å². The summed E-state index contributed by atoms with van der Waals surface area (Å²) in [6, 6.07) is 8.32. The van der Waals surface area contributed by atoms with Crippen LogP contribution >= 0.6 is 0 Å². The number of amides is 1. The van der Waals surface area contributed by atoms with E-state index in [9.17, 15) is 14.7 Å². The molecule has 1 heterocycles. The van der Waals surface area contributed by atoms with Gasteiger partial charge in [0.1, 0.15) is 6.17 Å². The van der Waals surface area contributed by atoms with Gasteiger partial charge in [0.2, 0.25) is 0 Å². The minimum absolute atomic E-state index is 0.371. The second-order valence-electron chi connectivity index (χ2n) is 4.08. The van der Waals surface area contributed by atoms with Gasteiger partial charge in [-0.25, -0.2) is 9.78 Å². The van der Waals surface area contributed by atoms with Crippen molar-refractivity contribution in [3.8, 4) is 0 Å². The van der Waals surface area contributed by atoms with Gasteiger partial charge in [-0.05, 0) is 12.1 Å². The quantitative estimate of drug-likeness (QED) is 0.726. The van der Waals surface area contributed by atoms with Gasteiger partial charge in [0.25, 0.3) is 5.91 Å². The minimum Gasteiger partial charge on any atom is -0.479 e. The van der Waals surface area contributed by atoms with Gasteiger partial charge < -0.3 is 20.1 Å². The molecule has 0 saturated heterocycles. The standard InChI is InChI=1S/C13H13N3O4/c17-10(13(19)20)11(16-7-6-14-8-16)15-12(18)9-4-2-1-3-5-9/h1-8,10-11,17H,(H,15,18)(H,19,20). The number of imidazole rings is 1. The van der Waals surface area contributed by atoms with Crippen LogP contribution in [0.25, 0.3) is 0 Å². The van der Waals surface area contributed by atoms with Crippen molar-refractivity contribution in [3.05, 3.63) is 54.6 Å². The molecule has 0 saturated carbocycles. The molecule has 1 aromatic carbocycles. The number of nitrogens with zero attached hydrogens (tertiary/aromatic N) is 2. The van der Waals surface area contributed by atoms with Crippen molar-refractivity contribution in [1.29, 1.82) is 0 Å². The van der Waals surface area contributed by atoms with E-state index in [2.05, 4.69) is 10.3 Å². The molecule has 2 rings (SSSR count). The molecule has 0 aliphatic carbocycles. The molecule has 1 aromatic heterocycles. The van der Waals surface area contributed by atoms with Gasteiger partial charge in [0.05, 0.1) is 6.33 Å². The normalized spacial score (nSPS) is 13.4. The lowest BCUT2D eigenvalue weighted by Crippen LogP contribution is -2.43. The van der Waals surface area contributed by atoms with Crippen LogP contribution in [-0.4, -0.2) is 37.7 Å². The second-order valence-corrected chi connectivity index (χ2v) is 4.08. The third kappa shape index (κ3) is 3.01. The fourth-order valence-electron chi connectivity index (χ4n) is 1.69. The molecule has 0 aliphatic rings. The van der Waals surface area contributed by atoms with Crippen molar-refractivity contribution in [2.45, 2.75) is 12.3 Å². The molecular formula is C13H13N3O4. The number of aliphatic hydroxyl groups is 1. The third-order valence-electron chi connectivity index (χ3n) is 2.71. The van der Waals surface area contributed by atoms with Gasteiger partial charge in [-0.15, -0.1) is 0 Å². The number of rotatable bonds is 5. The number of carboxylic acid groups (broad SMARTS) is 1. The molecule has 0 spiro atoms. The summed E-state index contributed by atoms with van der Waals surface area (Å²) in [5.74, 6) is -1.92. The fourth-order valence-corrected chi connectivity index (χ4v) is 1.69. The van der Waals surface area contributed by atoms with E-state index in [-0.39, 0.29) is 0 Å². The zero-order valence-electron chi connectivity index (χ0n) is 10.4. The van der Waals surface area contributed by atoms with Crippen LogP contribution in [0.3, 0.4) is 0 Å². The van der Waals surface area contributed by atoms with Crippen molar-refractivity contribution in [2.24, 2.45) is 0 Å². The van der Waals surface area contributed by atoms with Crippen molar-refractivity contribution < 1.29 is 19.8 Å². The molecule has 1 amide bonds. The fraction of sp³-hybridized carbons (Fsp3) is 0.154. The van der Waals surface area contributed by atoms with Crippen molar-refractivity contribution >= 4 is 11.9 Å². The summed E-state index contributed by atoms with van der Waals surface area (Å²) in [4.78, 5) is 26.7. The van der Waals surface area contributed by atoms with Crippen LogP contribution in [0, 0.1) is 0 Å². The number of carbonyl (C=O) groups excluding carboxylic acids is 1. The highest BCUT2D eigenvalue weighted by molar-refractivity contribution is 5.94. The van der Waals surface area contributed by atoms with Crippen LogP contribution in [0.5, 0.6) is 0 Å². The molecule has 0 fully saturated rings. The average Bonchev–Trinajstić information content (AvgIpc) is 2.98. The maximum atomic E-state index is 12.0. The van der Waals surface area contributed by atoms with Crippen LogP contribution < -0.4 is 5.32 Å². The Morgan fingerprint density at radius 2 is 1.95 bits per heavy atom. The smallest absolute Gasteiger partial charge is 0.336 e. The molecular weight excluding hydrogens is 262 g/mol. The lowest BCUT2D eigenvalue weighted by atomic mass is 10.2. The Bertz CT molecular complexity index is 583. The van der Waals surface area contributed by atoms with E-state index in [1.165, 1.54) is 23.3 Å². The van der Waals surface area contributed by atoms with E-state index in [1.807, 2.05) is 0 Å². The first kappa shape index (κ1) is 13.8. The number of aliphatic hydroxyl groups excluding tert-OH is 1. The first-order chi connectivity index (χ1) is 9.59. The number of carbonyl (C=O) groups is 2. The predicted molar refractivity (Wildman–Crippen MR) is 68.8 cm³/mol. The summed E-state index contributed by atoms with van der Waals surface area (Å²) in [5.41, 5.74) is 0.371. The topological polar surface area (TPSA) is 104 Å². The monoisotopic (exact) mass is 275 g/mol. The number of hydrogen-bond donors (Lipinski definition) is 3. The predicted octanol–water partition coefficient (Wildman–Crippen LogP) is 0.257. The molecule has 0 bridgehead atoms. The number of nitrogens with one attached hydrogen (secondary N) is 1. The Morgan fingerprint density at radius 1 is 1.25 bits per heavy atom. The summed E-state index contributed by atoms with van der Waals surface area (Å²) in [5, 5.41) is 21.1. The third-order valence-corrected chi connectivity index (χ3v) is 2.71. The maximum absolute atomic E-state index is 12.0. The maximum Gasteiger partial charge on any atom is 0.336 e. The van der Waals surface area contributed by atoms with Crippen LogP contribution in [-0.2, 0) is 4.79 Å². The van der Waals surface area contributed by atoms with E-state index in [4.69, 9.17) is 5.11 Å². The van der Waals surface area contributed by atoms with Gasteiger partial charge in [0, 0.05) is 18.0 Å². The summed E-state index contributed by atoms with van der Waals surface area (Å²) >= 11 is 0. The van der Waals surface area contributed by atoms with Gasteiger partial charge in [0.15, 0.2) is 6.10 Å². The zero-order chi connectivity index (χ0) is 14.5. The number of carboxylic acids is 1. The largest absolute Gasteiger partial charge is 0.479 e. The molecule has 104 valence electrons. The molecule has 0 aliphatic heterocycles. The van der Waals surface area contributed by atoms with E-state index >= 15 is 0 Å². The SMILES string of the molecule is O=C(NC(C(O)C(=O)O)n1ccnc1)c1ccccc1. The first-order valence-electron chi connectivity index (χ1n) is 5.84. The number of benzene rings is 1. The Labute approximate surface area is 114 Å². The zero-order valence-corrected chi connectivity index (χ0v) is 10.4. The average molecular weight is 275 g/mol.